The van der Waals surface area contributed by atoms with Crippen LogP contribution < -0.4 is 0 Å². The molecule has 33 heavy (non-hydrogen) atoms. The van der Waals surface area contributed by atoms with Crippen LogP contribution in [0.4, 0.5) is 4.39 Å². The van der Waals surface area contributed by atoms with Crippen molar-refractivity contribution in [1.29, 1.82) is 0 Å². The summed E-state index contributed by atoms with van der Waals surface area (Å²) in [5.74, 6) is -1.95. The number of ketones is 1. The number of amides is 1. The Morgan fingerprint density at radius 3 is 2.24 bits per heavy atom. The van der Waals surface area contributed by atoms with Gasteiger partial charge >= 0.3 is 0 Å². The quantitative estimate of drug-likeness (QED) is 0.579. The first kappa shape index (κ1) is 22.8. The highest BCUT2D eigenvalue weighted by Gasteiger charge is 2.35. The Labute approximate surface area is 191 Å². The average Bonchev–Trinajstić information content (AvgIpc) is 3.27. The van der Waals surface area contributed by atoms with Crippen LogP contribution in [0.15, 0.2) is 67.0 Å². The van der Waals surface area contributed by atoms with E-state index < -0.39 is 29.7 Å². The van der Waals surface area contributed by atoms with Gasteiger partial charge in [-0.25, -0.2) is 4.39 Å². The average molecular weight is 448 g/mol. The van der Waals surface area contributed by atoms with Crippen molar-refractivity contribution in [2.75, 3.05) is 0 Å². The second-order valence-electron chi connectivity index (χ2n) is 8.40. The highest BCUT2D eigenvalue weighted by molar-refractivity contribution is 5.92. The molecule has 2 N–H and O–H groups in total. The van der Waals surface area contributed by atoms with Gasteiger partial charge in [0.2, 0.25) is 0 Å². The molecule has 4 rings (SSSR count). The Hall–Kier alpha value is -3.42. The predicted molar refractivity (Wildman–Crippen MR) is 120 cm³/mol. The fourth-order valence-corrected chi connectivity index (χ4v) is 4.13. The summed E-state index contributed by atoms with van der Waals surface area (Å²) >= 11 is 0. The van der Waals surface area contributed by atoms with Gasteiger partial charge in [0.25, 0.3) is 5.91 Å². The number of aliphatic hydroxyl groups excluding tert-OH is 2. The van der Waals surface area contributed by atoms with Gasteiger partial charge in [-0.1, -0.05) is 55.5 Å². The zero-order chi connectivity index (χ0) is 23.5. The molecule has 0 spiro atoms. The van der Waals surface area contributed by atoms with E-state index in [9.17, 15) is 24.2 Å². The summed E-state index contributed by atoms with van der Waals surface area (Å²) in [7, 11) is 0. The molecule has 0 unspecified atom stereocenters. The molecule has 3 atom stereocenters. The van der Waals surface area contributed by atoms with Gasteiger partial charge in [-0.05, 0) is 34.2 Å². The molecule has 1 amide bonds. The molecule has 2 aromatic carbocycles. The summed E-state index contributed by atoms with van der Waals surface area (Å²) in [4.78, 5) is 30.4. The minimum atomic E-state index is -1.81. The molecular formula is C26H25FN2O4. The maximum atomic E-state index is 13.9. The lowest BCUT2D eigenvalue weighted by molar-refractivity contribution is -0.152. The van der Waals surface area contributed by atoms with E-state index in [4.69, 9.17) is 0 Å². The number of fused-ring (bicyclic) bond motifs is 1. The Kier molecular flexibility index (Phi) is 6.62. The minimum Gasteiger partial charge on any atom is -0.382 e. The van der Waals surface area contributed by atoms with Crippen LogP contribution in [0, 0.1) is 5.82 Å². The Balaban J connectivity index is 1.36. The number of halogens is 1. The summed E-state index contributed by atoms with van der Waals surface area (Å²) in [5, 5.41) is 20.7. The first-order valence-electron chi connectivity index (χ1n) is 10.8. The van der Waals surface area contributed by atoms with E-state index in [0.29, 0.717) is 24.2 Å². The van der Waals surface area contributed by atoms with Crippen molar-refractivity contribution in [3.63, 3.8) is 0 Å². The first-order chi connectivity index (χ1) is 15.8. The van der Waals surface area contributed by atoms with Gasteiger partial charge < -0.3 is 15.1 Å². The molecule has 0 bridgehead atoms. The van der Waals surface area contributed by atoms with Crippen molar-refractivity contribution < 1.29 is 24.2 Å². The number of aromatic nitrogens is 1. The zero-order valence-electron chi connectivity index (χ0n) is 18.2. The van der Waals surface area contributed by atoms with Crippen LogP contribution in [0.2, 0.25) is 0 Å². The molecule has 1 aromatic heterocycles. The lowest BCUT2D eigenvalue weighted by atomic mass is 9.91. The Morgan fingerprint density at radius 1 is 1.00 bits per heavy atom. The lowest BCUT2D eigenvalue weighted by Crippen LogP contribution is -2.46. The SMILES string of the molecule is C[C@@H](CC(=O)[C@H](O)[C@@H](O)C(=O)N1Cc2ccccc2C1)c1ccc(-c2ccncc2F)cc1. The number of hydrogen-bond donors (Lipinski definition) is 2. The van der Waals surface area contributed by atoms with E-state index in [-0.39, 0.29) is 12.3 Å². The predicted octanol–water partition coefficient (Wildman–Crippen LogP) is 3.21. The summed E-state index contributed by atoms with van der Waals surface area (Å²) < 4.78 is 13.9. The van der Waals surface area contributed by atoms with Crippen molar-refractivity contribution in [2.24, 2.45) is 0 Å². The summed E-state index contributed by atoms with van der Waals surface area (Å²) in [6.45, 7) is 2.50. The van der Waals surface area contributed by atoms with Crippen LogP contribution in [0.5, 0.6) is 0 Å². The zero-order valence-corrected chi connectivity index (χ0v) is 18.2. The van der Waals surface area contributed by atoms with E-state index >= 15 is 0 Å². The van der Waals surface area contributed by atoms with Crippen LogP contribution in [0.3, 0.4) is 0 Å². The molecule has 0 saturated heterocycles. The highest BCUT2D eigenvalue weighted by atomic mass is 19.1. The number of pyridine rings is 1. The molecule has 6 nitrogen and oxygen atoms in total. The third kappa shape index (κ3) is 4.84. The molecule has 1 aliphatic heterocycles. The molecule has 2 heterocycles. The topological polar surface area (TPSA) is 90.7 Å². The lowest BCUT2D eigenvalue weighted by Gasteiger charge is -2.23. The van der Waals surface area contributed by atoms with Crippen LogP contribution in [0.1, 0.15) is 36.0 Å². The van der Waals surface area contributed by atoms with Crippen molar-refractivity contribution >= 4 is 11.7 Å². The molecule has 0 aliphatic carbocycles. The van der Waals surface area contributed by atoms with Crippen LogP contribution >= 0.6 is 0 Å². The summed E-state index contributed by atoms with van der Waals surface area (Å²) in [6.07, 6.45) is -0.985. The number of hydrogen-bond acceptors (Lipinski definition) is 5. The highest BCUT2D eigenvalue weighted by Crippen LogP contribution is 2.27. The maximum absolute atomic E-state index is 13.9. The van der Waals surface area contributed by atoms with E-state index in [1.54, 1.807) is 30.3 Å². The van der Waals surface area contributed by atoms with E-state index in [0.717, 1.165) is 22.9 Å². The molecule has 1 aliphatic rings. The minimum absolute atomic E-state index is 0.0469. The second-order valence-corrected chi connectivity index (χ2v) is 8.40. The van der Waals surface area contributed by atoms with Crippen molar-refractivity contribution in [2.45, 2.75) is 44.6 Å². The van der Waals surface area contributed by atoms with E-state index in [1.165, 1.54) is 11.1 Å². The number of carbonyl (C=O) groups excluding carboxylic acids is 2. The second kappa shape index (κ2) is 9.60. The smallest absolute Gasteiger partial charge is 0.255 e. The first-order valence-corrected chi connectivity index (χ1v) is 10.8. The van der Waals surface area contributed by atoms with Gasteiger partial charge in [0.05, 0.1) is 6.20 Å². The number of Topliss-reactive ketones (excluding diaryl/α,β-unsaturated/α-hetero) is 1. The molecule has 0 radical (unpaired) electrons. The number of carbonyl (C=O) groups is 2. The fourth-order valence-electron chi connectivity index (χ4n) is 4.13. The molecule has 170 valence electrons. The largest absolute Gasteiger partial charge is 0.382 e. The molecule has 7 heteroatoms. The van der Waals surface area contributed by atoms with Crippen LogP contribution in [-0.4, -0.2) is 44.0 Å². The molecule has 0 fully saturated rings. The normalized spacial score (nSPS) is 15.6. The fraction of sp³-hybridized carbons (Fsp3) is 0.269. The Bertz CT molecular complexity index is 1140. The van der Waals surface area contributed by atoms with Gasteiger partial charge in [0, 0.05) is 31.3 Å². The monoisotopic (exact) mass is 448 g/mol. The van der Waals surface area contributed by atoms with Crippen molar-refractivity contribution in [3.8, 4) is 11.1 Å². The third-order valence-electron chi connectivity index (χ3n) is 6.10. The third-order valence-corrected chi connectivity index (χ3v) is 6.10. The Morgan fingerprint density at radius 2 is 1.64 bits per heavy atom. The standard InChI is InChI=1S/C26H25FN2O4/c1-16(17-6-8-18(9-7-17)21-10-11-28-13-22(21)27)12-23(30)24(31)25(32)26(33)29-14-19-4-2-3-5-20(19)15-29/h2-11,13,16,24-25,31-32H,12,14-15H2,1H3/t16-,24-,25+/m0/s1. The van der Waals surface area contributed by atoms with Crippen molar-refractivity contribution in [1.82, 2.24) is 9.88 Å². The van der Waals surface area contributed by atoms with Crippen LogP contribution in [0.25, 0.3) is 11.1 Å². The maximum Gasteiger partial charge on any atom is 0.255 e. The van der Waals surface area contributed by atoms with Gasteiger partial charge in [0.15, 0.2) is 11.9 Å². The molecule has 3 aromatic rings. The number of rotatable bonds is 7. The van der Waals surface area contributed by atoms with E-state index in [2.05, 4.69) is 4.98 Å². The number of nitrogens with zero attached hydrogens (tertiary/aromatic N) is 2. The van der Waals surface area contributed by atoms with E-state index in [1.807, 2.05) is 31.2 Å². The van der Waals surface area contributed by atoms with Gasteiger partial charge in [-0.3, -0.25) is 14.6 Å². The van der Waals surface area contributed by atoms with Gasteiger partial charge in [0.1, 0.15) is 11.9 Å². The van der Waals surface area contributed by atoms with Crippen LogP contribution in [-0.2, 0) is 22.7 Å². The summed E-state index contributed by atoms with van der Waals surface area (Å²) in [6, 6.07) is 16.3. The van der Waals surface area contributed by atoms with Crippen molar-refractivity contribution in [3.05, 3.63) is 89.5 Å². The number of benzene rings is 2. The molecule has 0 saturated carbocycles. The molecular weight excluding hydrogens is 423 g/mol. The summed E-state index contributed by atoms with van der Waals surface area (Å²) in [5.41, 5.74) is 3.92. The number of aliphatic hydroxyl groups is 2. The van der Waals surface area contributed by atoms with Gasteiger partial charge in [-0.15, -0.1) is 0 Å². The van der Waals surface area contributed by atoms with Gasteiger partial charge in [-0.2, -0.15) is 0 Å².